The van der Waals surface area contributed by atoms with Gasteiger partial charge in [0, 0.05) is 37.5 Å². The van der Waals surface area contributed by atoms with E-state index in [1.54, 1.807) is 37.6 Å². The Labute approximate surface area is 175 Å². The second kappa shape index (κ2) is 11.5. The number of ether oxygens (including phenoxy) is 2. The second-order valence-electron chi connectivity index (χ2n) is 6.67. The molecule has 2 rings (SSSR count). The number of thioether (sulfide) groups is 1. The first-order chi connectivity index (χ1) is 13.9. The van der Waals surface area contributed by atoms with Gasteiger partial charge in [0.05, 0.1) is 14.2 Å². The summed E-state index contributed by atoms with van der Waals surface area (Å²) in [6.07, 6.45) is 2.91. The van der Waals surface area contributed by atoms with E-state index in [9.17, 15) is 9.59 Å². The van der Waals surface area contributed by atoms with Crippen LogP contribution in [-0.4, -0.2) is 42.0 Å². The molecule has 0 aliphatic rings. The lowest BCUT2D eigenvalue weighted by Gasteiger charge is -2.10. The Bertz CT molecular complexity index is 883. The molecule has 0 atom stereocenters. The smallest absolute Gasteiger partial charge is 0.254 e. The fraction of sp³-hybridized carbons (Fsp3) is 0.476. The molecule has 158 valence electrons. The van der Waals surface area contributed by atoms with Crippen molar-refractivity contribution in [3.05, 3.63) is 45.9 Å². The van der Waals surface area contributed by atoms with E-state index in [1.165, 1.54) is 6.07 Å². The summed E-state index contributed by atoms with van der Waals surface area (Å²) in [7, 11) is 4.94. The van der Waals surface area contributed by atoms with Crippen LogP contribution in [0.15, 0.2) is 34.2 Å². The van der Waals surface area contributed by atoms with Gasteiger partial charge in [0.1, 0.15) is 0 Å². The molecular weight excluding hydrogens is 390 g/mol. The van der Waals surface area contributed by atoms with Crippen LogP contribution in [0.5, 0.6) is 11.5 Å². The summed E-state index contributed by atoms with van der Waals surface area (Å²) < 4.78 is 12.1. The van der Waals surface area contributed by atoms with Gasteiger partial charge in [0.25, 0.3) is 5.56 Å². The van der Waals surface area contributed by atoms with Crippen LogP contribution < -0.4 is 20.3 Å². The standard InChI is InChI=1S/C21H29N3O4S/c1-15-13-20(26)24(2)21(23-15)29-12-6-5-7-19(25)22-11-10-16-8-9-17(27-3)18(14-16)28-4/h8-9,13-14H,5-7,10-12H2,1-4H3,(H,22,25). The molecule has 0 radical (unpaired) electrons. The summed E-state index contributed by atoms with van der Waals surface area (Å²) >= 11 is 1.55. The van der Waals surface area contributed by atoms with Crippen LogP contribution in [0, 0.1) is 6.92 Å². The Hall–Kier alpha value is -2.48. The lowest BCUT2D eigenvalue weighted by atomic mass is 10.1. The molecule has 7 nitrogen and oxygen atoms in total. The fourth-order valence-electron chi connectivity index (χ4n) is 2.78. The molecule has 0 bridgehead atoms. The molecule has 1 heterocycles. The summed E-state index contributed by atoms with van der Waals surface area (Å²) in [6, 6.07) is 7.29. The van der Waals surface area contributed by atoms with Crippen molar-refractivity contribution in [2.24, 2.45) is 7.05 Å². The molecule has 0 spiro atoms. The van der Waals surface area contributed by atoms with Crippen molar-refractivity contribution in [1.29, 1.82) is 0 Å². The largest absolute Gasteiger partial charge is 0.493 e. The highest BCUT2D eigenvalue weighted by atomic mass is 32.2. The minimum absolute atomic E-state index is 0.0474. The van der Waals surface area contributed by atoms with Gasteiger partial charge >= 0.3 is 0 Å². The van der Waals surface area contributed by atoms with Gasteiger partial charge < -0.3 is 14.8 Å². The molecule has 0 saturated heterocycles. The minimum Gasteiger partial charge on any atom is -0.493 e. The summed E-state index contributed by atoms with van der Waals surface area (Å²) in [4.78, 5) is 28.2. The van der Waals surface area contributed by atoms with Crippen molar-refractivity contribution < 1.29 is 14.3 Å². The number of aryl methyl sites for hydroxylation is 1. The summed E-state index contributed by atoms with van der Waals surface area (Å²) in [6.45, 7) is 2.40. The number of hydrogen-bond acceptors (Lipinski definition) is 6. The van der Waals surface area contributed by atoms with E-state index in [4.69, 9.17) is 9.47 Å². The minimum atomic E-state index is -0.0474. The third-order valence-corrected chi connectivity index (χ3v) is 5.55. The Morgan fingerprint density at radius 2 is 1.93 bits per heavy atom. The molecule has 1 N–H and O–H groups in total. The first-order valence-corrected chi connectivity index (χ1v) is 10.6. The van der Waals surface area contributed by atoms with E-state index >= 15 is 0 Å². The number of carbonyl (C=O) groups is 1. The van der Waals surface area contributed by atoms with Crippen LogP contribution in [-0.2, 0) is 18.3 Å². The first-order valence-electron chi connectivity index (χ1n) is 9.59. The number of rotatable bonds is 11. The third-order valence-electron chi connectivity index (χ3n) is 4.44. The maximum atomic E-state index is 12.0. The molecule has 1 aromatic carbocycles. The molecule has 1 aromatic heterocycles. The van der Waals surface area contributed by atoms with Crippen LogP contribution >= 0.6 is 11.8 Å². The molecule has 0 saturated carbocycles. The zero-order chi connectivity index (χ0) is 21.2. The number of unbranched alkanes of at least 4 members (excludes halogenated alkanes) is 1. The highest BCUT2D eigenvalue weighted by Gasteiger charge is 2.07. The maximum Gasteiger partial charge on any atom is 0.254 e. The predicted octanol–water partition coefficient (Wildman–Crippen LogP) is 2.73. The zero-order valence-corrected chi connectivity index (χ0v) is 18.3. The molecule has 29 heavy (non-hydrogen) atoms. The van der Waals surface area contributed by atoms with Gasteiger partial charge in [-0.15, -0.1) is 0 Å². The Morgan fingerprint density at radius 3 is 2.66 bits per heavy atom. The molecule has 0 fully saturated rings. The number of nitrogens with one attached hydrogen (secondary N) is 1. The van der Waals surface area contributed by atoms with Crippen LogP contribution in [0.2, 0.25) is 0 Å². The van der Waals surface area contributed by atoms with Gasteiger partial charge in [-0.2, -0.15) is 0 Å². The Balaban J connectivity index is 1.65. The number of carbonyl (C=O) groups excluding carboxylic acids is 1. The van der Waals surface area contributed by atoms with Gasteiger partial charge in [-0.1, -0.05) is 17.8 Å². The fourth-order valence-corrected chi connectivity index (χ4v) is 3.80. The summed E-state index contributed by atoms with van der Waals surface area (Å²) in [5, 5.41) is 3.67. The van der Waals surface area contributed by atoms with Crippen molar-refractivity contribution in [3.63, 3.8) is 0 Å². The van der Waals surface area contributed by atoms with Crippen molar-refractivity contribution in [2.75, 3.05) is 26.5 Å². The Morgan fingerprint density at radius 1 is 1.17 bits per heavy atom. The van der Waals surface area contributed by atoms with Crippen molar-refractivity contribution in [3.8, 4) is 11.5 Å². The zero-order valence-electron chi connectivity index (χ0n) is 17.5. The summed E-state index contributed by atoms with van der Waals surface area (Å²) in [5.41, 5.74) is 1.76. The highest BCUT2D eigenvalue weighted by molar-refractivity contribution is 7.99. The van der Waals surface area contributed by atoms with Crippen LogP contribution in [0.3, 0.4) is 0 Å². The molecule has 0 aliphatic heterocycles. The average Bonchev–Trinajstić information content (AvgIpc) is 2.70. The summed E-state index contributed by atoms with van der Waals surface area (Å²) in [5.74, 6) is 2.26. The highest BCUT2D eigenvalue weighted by Crippen LogP contribution is 2.27. The van der Waals surface area contributed by atoms with Gasteiger partial charge in [-0.25, -0.2) is 4.98 Å². The normalized spacial score (nSPS) is 10.6. The average molecular weight is 420 g/mol. The van der Waals surface area contributed by atoms with Crippen molar-refractivity contribution >= 4 is 17.7 Å². The van der Waals surface area contributed by atoms with Gasteiger partial charge in [-0.3, -0.25) is 14.2 Å². The van der Waals surface area contributed by atoms with Gasteiger partial charge in [0.15, 0.2) is 16.7 Å². The van der Waals surface area contributed by atoms with E-state index in [0.717, 1.165) is 41.4 Å². The van der Waals surface area contributed by atoms with E-state index in [2.05, 4.69) is 10.3 Å². The van der Waals surface area contributed by atoms with Crippen molar-refractivity contribution in [2.45, 2.75) is 37.8 Å². The number of aromatic nitrogens is 2. The van der Waals surface area contributed by atoms with E-state index < -0.39 is 0 Å². The lowest BCUT2D eigenvalue weighted by molar-refractivity contribution is -0.121. The van der Waals surface area contributed by atoms with E-state index in [-0.39, 0.29) is 11.5 Å². The Kier molecular flexibility index (Phi) is 9.05. The van der Waals surface area contributed by atoms with Gasteiger partial charge in [-0.05, 0) is 43.9 Å². The molecule has 1 amide bonds. The molecule has 2 aromatic rings. The number of amides is 1. The van der Waals surface area contributed by atoms with Crippen LogP contribution in [0.25, 0.3) is 0 Å². The second-order valence-corrected chi connectivity index (χ2v) is 7.73. The number of benzene rings is 1. The van der Waals surface area contributed by atoms with Gasteiger partial charge in [0.2, 0.25) is 5.91 Å². The molecular formula is C21H29N3O4S. The third kappa shape index (κ3) is 7.12. The monoisotopic (exact) mass is 419 g/mol. The van der Waals surface area contributed by atoms with Crippen molar-refractivity contribution in [1.82, 2.24) is 14.9 Å². The first kappa shape index (κ1) is 22.8. The SMILES string of the molecule is COc1ccc(CCNC(=O)CCCCSc2nc(C)cc(=O)n2C)cc1OC. The number of hydrogen-bond donors (Lipinski definition) is 1. The predicted molar refractivity (Wildman–Crippen MR) is 115 cm³/mol. The quantitative estimate of drug-likeness (QED) is 0.343. The topological polar surface area (TPSA) is 82.5 Å². The number of methoxy groups -OCH3 is 2. The molecule has 8 heteroatoms. The maximum absolute atomic E-state index is 12.0. The van der Waals surface area contributed by atoms with E-state index in [1.807, 2.05) is 25.1 Å². The molecule has 0 unspecified atom stereocenters. The van der Waals surface area contributed by atoms with E-state index in [0.29, 0.717) is 24.5 Å². The molecule has 0 aliphatic carbocycles. The van der Waals surface area contributed by atoms with Crippen LogP contribution in [0.4, 0.5) is 0 Å². The van der Waals surface area contributed by atoms with Crippen LogP contribution in [0.1, 0.15) is 30.5 Å². The number of nitrogens with zero attached hydrogens (tertiary/aromatic N) is 2. The lowest BCUT2D eigenvalue weighted by Crippen LogP contribution is -2.25.